The molecule has 2 aliphatic rings. The van der Waals surface area contributed by atoms with Crippen molar-refractivity contribution in [2.75, 3.05) is 32.8 Å². The van der Waals surface area contributed by atoms with E-state index in [1.807, 2.05) is 41.8 Å². The van der Waals surface area contributed by atoms with E-state index in [0.717, 1.165) is 49.4 Å². The Kier molecular flexibility index (Phi) is 7.61. The molecule has 164 valence electrons. The Morgan fingerprint density at radius 3 is 2.60 bits per heavy atom. The summed E-state index contributed by atoms with van der Waals surface area (Å²) >= 11 is 0. The van der Waals surface area contributed by atoms with E-state index in [4.69, 9.17) is 9.47 Å². The Hall–Kier alpha value is -2.25. The topological polar surface area (TPSA) is 68.6 Å². The smallest absolute Gasteiger partial charge is 0.274 e. The molecule has 0 aliphatic carbocycles. The molecule has 1 unspecified atom stereocenters. The first kappa shape index (κ1) is 22.4. The second-order valence-electron chi connectivity index (χ2n) is 7.59. The van der Waals surface area contributed by atoms with Gasteiger partial charge >= 0.3 is 0 Å². The van der Waals surface area contributed by atoms with Gasteiger partial charge in [0.05, 0.1) is 19.3 Å². The second kappa shape index (κ2) is 10.2. The number of carbonyl (C=O) groups is 1. The van der Waals surface area contributed by atoms with Gasteiger partial charge in [0, 0.05) is 25.8 Å². The van der Waals surface area contributed by atoms with Crippen LogP contribution in [0.4, 0.5) is 0 Å². The average Bonchev–Trinajstić information content (AvgIpc) is 3.24. The molecule has 0 saturated carbocycles. The van der Waals surface area contributed by atoms with Crippen molar-refractivity contribution in [3.63, 3.8) is 0 Å². The van der Waals surface area contributed by atoms with Gasteiger partial charge in [-0.1, -0.05) is 0 Å². The van der Waals surface area contributed by atoms with Gasteiger partial charge < -0.3 is 19.7 Å². The molecule has 30 heavy (non-hydrogen) atoms. The fourth-order valence-electron chi connectivity index (χ4n) is 4.15. The summed E-state index contributed by atoms with van der Waals surface area (Å²) in [5.41, 5.74) is 2.86. The molecular weight excluding hydrogens is 404 g/mol. The molecule has 1 saturated heterocycles. The molecule has 1 N–H and O–H groups in total. The predicted molar refractivity (Wildman–Crippen MR) is 118 cm³/mol. The van der Waals surface area contributed by atoms with Crippen LogP contribution in [-0.4, -0.2) is 53.4 Å². The minimum atomic E-state index is -0.00925. The molecule has 2 aromatic rings. The van der Waals surface area contributed by atoms with Gasteiger partial charge in [0.1, 0.15) is 5.69 Å². The van der Waals surface area contributed by atoms with Crippen molar-refractivity contribution in [1.82, 2.24) is 20.0 Å². The van der Waals surface area contributed by atoms with Gasteiger partial charge in [-0.25, -0.2) is 0 Å². The summed E-state index contributed by atoms with van der Waals surface area (Å²) in [5, 5.41) is 7.99. The highest BCUT2D eigenvalue weighted by atomic mass is 35.5. The quantitative estimate of drug-likeness (QED) is 0.756. The van der Waals surface area contributed by atoms with Crippen LogP contribution >= 0.6 is 12.4 Å². The van der Waals surface area contributed by atoms with Crippen molar-refractivity contribution >= 4 is 18.3 Å². The van der Waals surface area contributed by atoms with E-state index in [-0.39, 0.29) is 18.3 Å². The lowest BCUT2D eigenvalue weighted by atomic mass is 9.98. The largest absolute Gasteiger partial charge is 0.490 e. The van der Waals surface area contributed by atoms with Crippen LogP contribution in [-0.2, 0) is 13.0 Å². The average molecular weight is 435 g/mol. The van der Waals surface area contributed by atoms with E-state index in [1.54, 1.807) is 0 Å². The second-order valence-corrected chi connectivity index (χ2v) is 7.59. The number of carbonyl (C=O) groups excluding carboxylic acids is 1. The molecule has 4 rings (SSSR count). The highest BCUT2D eigenvalue weighted by Gasteiger charge is 2.26. The lowest BCUT2D eigenvalue weighted by molar-refractivity contribution is 0.0727. The molecule has 8 heteroatoms. The van der Waals surface area contributed by atoms with Crippen molar-refractivity contribution in [2.45, 2.75) is 45.7 Å². The molecule has 1 aromatic carbocycles. The number of piperidine rings is 1. The summed E-state index contributed by atoms with van der Waals surface area (Å²) in [6.45, 7) is 8.33. The third-order valence-corrected chi connectivity index (χ3v) is 5.64. The van der Waals surface area contributed by atoms with Gasteiger partial charge in [-0.2, -0.15) is 5.10 Å². The van der Waals surface area contributed by atoms with E-state index >= 15 is 0 Å². The number of nitrogens with one attached hydrogen (secondary N) is 1. The number of aromatic nitrogens is 2. The molecule has 2 aliphatic heterocycles. The third-order valence-electron chi connectivity index (χ3n) is 5.64. The fourth-order valence-corrected chi connectivity index (χ4v) is 4.15. The summed E-state index contributed by atoms with van der Waals surface area (Å²) in [6, 6.07) is 6.26. The summed E-state index contributed by atoms with van der Waals surface area (Å²) < 4.78 is 13.4. The van der Waals surface area contributed by atoms with Crippen molar-refractivity contribution < 1.29 is 14.3 Å². The van der Waals surface area contributed by atoms with Crippen LogP contribution in [0.1, 0.15) is 54.3 Å². The molecule has 7 nitrogen and oxygen atoms in total. The maximum absolute atomic E-state index is 13.1. The maximum atomic E-state index is 13.1. The van der Waals surface area contributed by atoms with E-state index in [1.165, 1.54) is 5.56 Å². The van der Waals surface area contributed by atoms with Crippen LogP contribution in [0.5, 0.6) is 11.5 Å². The Labute approximate surface area is 184 Å². The fraction of sp³-hybridized carbons (Fsp3) is 0.545. The van der Waals surface area contributed by atoms with Crippen molar-refractivity contribution in [3.8, 4) is 11.5 Å². The van der Waals surface area contributed by atoms with Crippen LogP contribution in [0.3, 0.4) is 0 Å². The number of amides is 1. The third kappa shape index (κ3) is 4.73. The first-order valence-corrected chi connectivity index (χ1v) is 10.7. The SMILES string of the molecule is CCOc1cc2c(cc1OCC)CN(C(=O)c1ccn(C3CCCNC3)n1)CC2.Cl. The highest BCUT2D eigenvalue weighted by molar-refractivity contribution is 5.92. The highest BCUT2D eigenvalue weighted by Crippen LogP contribution is 2.34. The zero-order valence-corrected chi connectivity index (χ0v) is 18.5. The van der Waals surface area contributed by atoms with E-state index in [9.17, 15) is 4.79 Å². The first-order chi connectivity index (χ1) is 14.2. The predicted octanol–water partition coefficient (Wildman–Crippen LogP) is 3.23. The summed E-state index contributed by atoms with van der Waals surface area (Å²) in [7, 11) is 0. The Morgan fingerprint density at radius 2 is 1.93 bits per heavy atom. The summed E-state index contributed by atoms with van der Waals surface area (Å²) in [6.07, 6.45) is 4.98. The molecule has 3 heterocycles. The minimum Gasteiger partial charge on any atom is -0.490 e. The Bertz CT molecular complexity index is 864. The number of hydrogen-bond acceptors (Lipinski definition) is 5. The van der Waals surface area contributed by atoms with E-state index in [0.29, 0.717) is 38.0 Å². The van der Waals surface area contributed by atoms with Crippen molar-refractivity contribution in [2.24, 2.45) is 0 Å². The summed E-state index contributed by atoms with van der Waals surface area (Å²) in [5.74, 6) is 1.52. The van der Waals surface area contributed by atoms with Gasteiger partial charge in [0.25, 0.3) is 5.91 Å². The number of halogens is 1. The lowest BCUT2D eigenvalue weighted by Crippen LogP contribution is -2.36. The van der Waals surface area contributed by atoms with Crippen molar-refractivity contribution in [1.29, 1.82) is 0 Å². The van der Waals surface area contributed by atoms with E-state index < -0.39 is 0 Å². The number of benzene rings is 1. The first-order valence-electron chi connectivity index (χ1n) is 10.7. The number of rotatable bonds is 6. The van der Waals surface area contributed by atoms with Crippen LogP contribution in [0.25, 0.3) is 0 Å². The van der Waals surface area contributed by atoms with Crippen LogP contribution in [0, 0.1) is 0 Å². The van der Waals surface area contributed by atoms with Crippen LogP contribution < -0.4 is 14.8 Å². The van der Waals surface area contributed by atoms with Gasteiger partial charge in [-0.05, 0) is 69.0 Å². The van der Waals surface area contributed by atoms with E-state index in [2.05, 4.69) is 16.5 Å². The molecule has 0 spiro atoms. The molecule has 1 amide bonds. The van der Waals surface area contributed by atoms with Gasteiger partial charge in [0.2, 0.25) is 0 Å². The van der Waals surface area contributed by atoms with Crippen LogP contribution in [0.2, 0.25) is 0 Å². The van der Waals surface area contributed by atoms with Gasteiger partial charge in [0.15, 0.2) is 11.5 Å². The zero-order chi connectivity index (χ0) is 20.2. The Balaban J connectivity index is 0.00000256. The van der Waals surface area contributed by atoms with Crippen LogP contribution in [0.15, 0.2) is 24.4 Å². The molecule has 1 aromatic heterocycles. The number of fused-ring (bicyclic) bond motifs is 1. The normalized spacial score (nSPS) is 18.3. The zero-order valence-electron chi connectivity index (χ0n) is 17.7. The molecule has 0 bridgehead atoms. The lowest BCUT2D eigenvalue weighted by Gasteiger charge is -2.29. The minimum absolute atomic E-state index is 0. The van der Waals surface area contributed by atoms with Crippen molar-refractivity contribution in [3.05, 3.63) is 41.2 Å². The molecule has 1 atom stereocenters. The number of ether oxygens (including phenoxy) is 2. The monoisotopic (exact) mass is 434 g/mol. The van der Waals surface area contributed by atoms with Gasteiger partial charge in [-0.15, -0.1) is 12.4 Å². The molecular formula is C22H31ClN4O3. The Morgan fingerprint density at radius 1 is 1.20 bits per heavy atom. The van der Waals surface area contributed by atoms with Gasteiger partial charge in [-0.3, -0.25) is 9.48 Å². The molecule has 1 fully saturated rings. The standard InChI is InChI=1S/C22H30N4O3.ClH/c1-3-28-20-12-16-7-10-25(15-17(16)13-21(20)29-4-2)22(27)19-8-11-26(24-19)18-6-5-9-23-14-18;/h8,11-13,18,23H,3-7,9-10,14-15H2,1-2H3;1H. The number of hydrogen-bond donors (Lipinski definition) is 1. The number of nitrogens with zero attached hydrogens (tertiary/aromatic N) is 3. The maximum Gasteiger partial charge on any atom is 0.274 e. The molecule has 0 radical (unpaired) electrons. The summed E-state index contributed by atoms with van der Waals surface area (Å²) in [4.78, 5) is 14.9.